The van der Waals surface area contributed by atoms with Crippen molar-refractivity contribution in [3.05, 3.63) is 35.4 Å². The van der Waals surface area contributed by atoms with Crippen molar-refractivity contribution in [2.45, 2.75) is 37.9 Å². The number of thioether (sulfide) groups is 1. The molecule has 2 rings (SSSR count). The Hall–Kier alpha value is -1.82. The van der Waals surface area contributed by atoms with Crippen LogP contribution in [-0.2, 0) is 22.4 Å². The third-order valence-electron chi connectivity index (χ3n) is 3.63. The van der Waals surface area contributed by atoms with E-state index in [1.165, 1.54) is 10.5 Å². The average molecular weight is 321 g/mol. The normalized spacial score (nSPS) is 18.0. The van der Waals surface area contributed by atoms with E-state index >= 15 is 0 Å². The summed E-state index contributed by atoms with van der Waals surface area (Å²) in [5, 5.41) is 7.94. The summed E-state index contributed by atoms with van der Waals surface area (Å²) >= 11 is 1.04. The Morgan fingerprint density at radius 1 is 1.23 bits per heavy atom. The molecule has 0 radical (unpaired) electrons. The number of aliphatic carboxylic acids is 1. The molecule has 1 aromatic rings. The standard InChI is InChI=1S/C16H19NO4S/c1-2-11-5-7-12(8-6-11)10-13-15(20)17(16(21)22-13)9-3-4-14(18)19/h5-8,13H,2-4,9-10H2,1H3,(H,18,19). The van der Waals surface area contributed by atoms with Gasteiger partial charge in [0.1, 0.15) is 0 Å². The van der Waals surface area contributed by atoms with Crippen LogP contribution in [0.1, 0.15) is 30.9 Å². The molecule has 1 unspecified atom stereocenters. The van der Waals surface area contributed by atoms with Crippen LogP contribution in [-0.4, -0.2) is 38.9 Å². The van der Waals surface area contributed by atoms with Gasteiger partial charge >= 0.3 is 5.97 Å². The van der Waals surface area contributed by atoms with E-state index in [1.54, 1.807) is 0 Å². The number of carbonyl (C=O) groups is 3. The van der Waals surface area contributed by atoms with Gasteiger partial charge in [-0.15, -0.1) is 0 Å². The van der Waals surface area contributed by atoms with Gasteiger partial charge in [-0.05, 0) is 30.4 Å². The van der Waals surface area contributed by atoms with Crippen molar-refractivity contribution in [2.75, 3.05) is 6.54 Å². The Kier molecular flexibility index (Phi) is 5.60. The first-order chi connectivity index (χ1) is 10.5. The molecule has 118 valence electrons. The second-order valence-electron chi connectivity index (χ2n) is 5.23. The van der Waals surface area contributed by atoms with Gasteiger partial charge in [-0.2, -0.15) is 0 Å². The average Bonchev–Trinajstić information content (AvgIpc) is 2.75. The zero-order valence-electron chi connectivity index (χ0n) is 12.4. The fraction of sp³-hybridized carbons (Fsp3) is 0.438. The van der Waals surface area contributed by atoms with Crippen molar-refractivity contribution in [3.63, 3.8) is 0 Å². The monoisotopic (exact) mass is 321 g/mol. The van der Waals surface area contributed by atoms with Crippen molar-refractivity contribution >= 4 is 28.9 Å². The molecule has 0 aliphatic carbocycles. The maximum absolute atomic E-state index is 12.3. The molecule has 1 atom stereocenters. The minimum absolute atomic E-state index is 0.0368. The van der Waals surface area contributed by atoms with Crippen LogP contribution in [0.4, 0.5) is 4.79 Å². The minimum Gasteiger partial charge on any atom is -0.481 e. The van der Waals surface area contributed by atoms with Crippen LogP contribution in [0.3, 0.4) is 0 Å². The van der Waals surface area contributed by atoms with E-state index in [9.17, 15) is 14.4 Å². The second kappa shape index (κ2) is 7.45. The number of carbonyl (C=O) groups excluding carboxylic acids is 2. The predicted octanol–water partition coefficient (Wildman–Crippen LogP) is 2.72. The van der Waals surface area contributed by atoms with E-state index in [2.05, 4.69) is 6.92 Å². The zero-order valence-corrected chi connectivity index (χ0v) is 13.3. The predicted molar refractivity (Wildman–Crippen MR) is 84.9 cm³/mol. The molecule has 5 nitrogen and oxygen atoms in total. The highest BCUT2D eigenvalue weighted by Gasteiger charge is 2.39. The number of amides is 2. The Balaban J connectivity index is 1.93. The van der Waals surface area contributed by atoms with Gasteiger partial charge < -0.3 is 5.11 Å². The molecule has 1 aromatic carbocycles. The third-order valence-corrected chi connectivity index (χ3v) is 4.70. The second-order valence-corrected chi connectivity index (χ2v) is 6.39. The van der Waals surface area contributed by atoms with Gasteiger partial charge in [0.05, 0.1) is 5.25 Å². The summed E-state index contributed by atoms with van der Waals surface area (Å²) in [6.07, 6.45) is 1.75. The van der Waals surface area contributed by atoms with Crippen LogP contribution < -0.4 is 0 Å². The fourth-order valence-corrected chi connectivity index (χ4v) is 3.40. The first kappa shape index (κ1) is 16.5. The highest BCUT2D eigenvalue weighted by Crippen LogP contribution is 2.29. The summed E-state index contributed by atoms with van der Waals surface area (Å²) in [6.45, 7) is 2.27. The lowest BCUT2D eigenvalue weighted by Gasteiger charge is -2.13. The molecule has 6 heteroatoms. The van der Waals surface area contributed by atoms with Gasteiger partial charge in [0.25, 0.3) is 5.24 Å². The van der Waals surface area contributed by atoms with E-state index in [1.807, 2.05) is 24.3 Å². The topological polar surface area (TPSA) is 74.7 Å². The molecule has 1 saturated heterocycles. The first-order valence-electron chi connectivity index (χ1n) is 7.33. The van der Waals surface area contributed by atoms with Gasteiger partial charge in [-0.25, -0.2) is 0 Å². The number of carboxylic acids is 1. The van der Waals surface area contributed by atoms with Crippen LogP contribution in [0.25, 0.3) is 0 Å². The Bertz CT molecular complexity index is 570. The van der Waals surface area contributed by atoms with Gasteiger partial charge in [-0.3, -0.25) is 19.3 Å². The molecule has 1 aliphatic rings. The van der Waals surface area contributed by atoms with Crippen molar-refractivity contribution in [2.24, 2.45) is 0 Å². The first-order valence-corrected chi connectivity index (χ1v) is 8.20. The molecule has 1 N–H and O–H groups in total. The summed E-state index contributed by atoms with van der Waals surface area (Å²) in [4.78, 5) is 35.8. The van der Waals surface area contributed by atoms with E-state index < -0.39 is 11.2 Å². The smallest absolute Gasteiger partial charge is 0.303 e. The molecule has 1 heterocycles. The molecule has 1 aliphatic heterocycles. The van der Waals surface area contributed by atoms with Crippen LogP contribution in [0.2, 0.25) is 0 Å². The van der Waals surface area contributed by atoms with Crippen molar-refractivity contribution < 1.29 is 19.5 Å². The van der Waals surface area contributed by atoms with Crippen molar-refractivity contribution in [1.29, 1.82) is 0 Å². The van der Waals surface area contributed by atoms with Gasteiger partial charge in [0.15, 0.2) is 0 Å². The Morgan fingerprint density at radius 2 is 1.86 bits per heavy atom. The molecule has 0 saturated carbocycles. The summed E-state index contributed by atoms with van der Waals surface area (Å²) in [5.74, 6) is -1.13. The van der Waals surface area contributed by atoms with Gasteiger partial charge in [0, 0.05) is 13.0 Å². The number of hydrogen-bond acceptors (Lipinski definition) is 4. The largest absolute Gasteiger partial charge is 0.481 e. The Morgan fingerprint density at radius 3 is 2.45 bits per heavy atom. The molecule has 0 aromatic heterocycles. The fourth-order valence-electron chi connectivity index (χ4n) is 2.34. The molecule has 0 spiro atoms. The van der Waals surface area contributed by atoms with Crippen LogP contribution in [0.15, 0.2) is 24.3 Å². The lowest BCUT2D eigenvalue weighted by atomic mass is 10.1. The van der Waals surface area contributed by atoms with Crippen LogP contribution >= 0.6 is 11.8 Å². The summed E-state index contributed by atoms with van der Waals surface area (Å²) < 4.78 is 0. The lowest BCUT2D eigenvalue weighted by molar-refractivity contribution is -0.137. The highest BCUT2D eigenvalue weighted by atomic mass is 32.2. The van der Waals surface area contributed by atoms with E-state index in [-0.39, 0.29) is 24.1 Å². The molecular formula is C16H19NO4S. The number of aryl methyl sites for hydroxylation is 1. The number of imide groups is 1. The molecule has 0 bridgehead atoms. The number of hydrogen-bond donors (Lipinski definition) is 1. The quantitative estimate of drug-likeness (QED) is 0.836. The van der Waals surface area contributed by atoms with Gasteiger partial charge in [-0.1, -0.05) is 43.0 Å². The van der Waals surface area contributed by atoms with E-state index in [0.29, 0.717) is 12.8 Å². The number of nitrogens with zero attached hydrogens (tertiary/aromatic N) is 1. The summed E-state index contributed by atoms with van der Waals surface area (Å²) in [7, 11) is 0. The molecule has 1 fully saturated rings. The van der Waals surface area contributed by atoms with Crippen LogP contribution in [0, 0.1) is 0 Å². The summed E-state index contributed by atoms with van der Waals surface area (Å²) in [5.41, 5.74) is 2.27. The zero-order chi connectivity index (χ0) is 16.1. The van der Waals surface area contributed by atoms with Crippen molar-refractivity contribution in [3.8, 4) is 0 Å². The number of rotatable bonds is 7. The molecule has 2 amide bonds. The van der Waals surface area contributed by atoms with Gasteiger partial charge in [0.2, 0.25) is 5.91 Å². The number of benzene rings is 1. The van der Waals surface area contributed by atoms with E-state index in [0.717, 1.165) is 23.7 Å². The summed E-state index contributed by atoms with van der Waals surface area (Å²) in [6, 6.07) is 8.05. The molecule has 22 heavy (non-hydrogen) atoms. The van der Waals surface area contributed by atoms with Crippen LogP contribution in [0.5, 0.6) is 0 Å². The van der Waals surface area contributed by atoms with E-state index in [4.69, 9.17) is 5.11 Å². The third kappa shape index (κ3) is 4.10. The Labute approximate surface area is 133 Å². The molecular weight excluding hydrogens is 302 g/mol. The minimum atomic E-state index is -0.917. The maximum Gasteiger partial charge on any atom is 0.303 e. The SMILES string of the molecule is CCc1ccc(CC2SC(=O)N(CCCC(=O)O)C2=O)cc1. The lowest BCUT2D eigenvalue weighted by Crippen LogP contribution is -2.33. The number of carboxylic acid groups (broad SMARTS) is 1. The maximum atomic E-state index is 12.3. The highest BCUT2D eigenvalue weighted by molar-refractivity contribution is 8.15. The van der Waals surface area contributed by atoms with Crippen molar-refractivity contribution in [1.82, 2.24) is 4.90 Å².